The molecule has 3 N–H and O–H groups in total. The Kier molecular flexibility index (Phi) is 4.48. The summed E-state index contributed by atoms with van der Waals surface area (Å²) in [5.74, 6) is -3.47. The lowest BCUT2D eigenvalue weighted by atomic mass is 9.99. The zero-order valence-electron chi connectivity index (χ0n) is 10.5. The van der Waals surface area contributed by atoms with Crippen molar-refractivity contribution < 1.29 is 19.4 Å². The van der Waals surface area contributed by atoms with Crippen molar-refractivity contribution in [2.45, 2.75) is 32.4 Å². The van der Waals surface area contributed by atoms with Gasteiger partial charge in [-0.15, -0.1) is 11.3 Å². The molecule has 0 aliphatic heterocycles. The molecule has 5 nitrogen and oxygen atoms in total. The number of rotatable bonds is 4. The molecule has 0 aromatic carbocycles. The minimum atomic E-state index is -1.39. The molecule has 100 valence electrons. The second-order valence-electron chi connectivity index (χ2n) is 4.89. The van der Waals surface area contributed by atoms with Gasteiger partial charge in [0.1, 0.15) is 5.60 Å². The molecule has 0 bridgehead atoms. The van der Waals surface area contributed by atoms with Gasteiger partial charge in [0.2, 0.25) is 0 Å². The van der Waals surface area contributed by atoms with Crippen LogP contribution < -0.4 is 5.73 Å². The zero-order chi connectivity index (χ0) is 13.9. The molecule has 6 heteroatoms. The van der Waals surface area contributed by atoms with Crippen LogP contribution in [0.15, 0.2) is 17.5 Å². The van der Waals surface area contributed by atoms with Crippen molar-refractivity contribution in [2.75, 3.05) is 0 Å². The highest BCUT2D eigenvalue weighted by Crippen LogP contribution is 2.26. The van der Waals surface area contributed by atoms with E-state index in [0.717, 1.165) is 0 Å². The third-order valence-corrected chi connectivity index (χ3v) is 3.13. The van der Waals surface area contributed by atoms with Gasteiger partial charge in [-0.2, -0.15) is 0 Å². The standard InChI is InChI=1S/C12H17NO4S/c1-12(2,3)17-11(16)8(10(14)15)9(13)7-5-4-6-18-7/h4-6,8-9H,13H2,1-3H3,(H,14,15)/t8-,9-/m1/s1. The van der Waals surface area contributed by atoms with E-state index < -0.39 is 29.5 Å². The first kappa shape index (κ1) is 14.7. The predicted molar refractivity (Wildman–Crippen MR) is 68.2 cm³/mol. The van der Waals surface area contributed by atoms with Crippen LogP contribution in [0.5, 0.6) is 0 Å². The van der Waals surface area contributed by atoms with Gasteiger partial charge in [-0.25, -0.2) is 0 Å². The molecule has 1 heterocycles. The highest BCUT2D eigenvalue weighted by Gasteiger charge is 2.37. The molecule has 0 saturated carbocycles. The summed E-state index contributed by atoms with van der Waals surface area (Å²) in [5.41, 5.74) is 5.10. The largest absolute Gasteiger partial charge is 0.481 e. The molecule has 0 fully saturated rings. The Hall–Kier alpha value is -1.40. The molecule has 0 radical (unpaired) electrons. The van der Waals surface area contributed by atoms with E-state index in [1.54, 1.807) is 38.3 Å². The topological polar surface area (TPSA) is 89.6 Å². The van der Waals surface area contributed by atoms with Crippen molar-refractivity contribution in [3.8, 4) is 0 Å². The van der Waals surface area contributed by atoms with Crippen LogP contribution in [0.1, 0.15) is 31.7 Å². The molecule has 1 rings (SSSR count). The van der Waals surface area contributed by atoms with Crippen molar-refractivity contribution in [2.24, 2.45) is 11.7 Å². The third kappa shape index (κ3) is 3.82. The fraction of sp³-hybridized carbons (Fsp3) is 0.500. The summed E-state index contributed by atoms with van der Waals surface area (Å²) >= 11 is 1.32. The average molecular weight is 271 g/mol. The molecule has 2 atom stereocenters. The van der Waals surface area contributed by atoms with Crippen molar-refractivity contribution in [3.05, 3.63) is 22.4 Å². The first-order valence-electron chi connectivity index (χ1n) is 5.47. The summed E-state index contributed by atoms with van der Waals surface area (Å²) in [6.45, 7) is 5.04. The van der Waals surface area contributed by atoms with E-state index in [9.17, 15) is 9.59 Å². The Morgan fingerprint density at radius 3 is 2.44 bits per heavy atom. The lowest BCUT2D eigenvalue weighted by molar-refractivity contribution is -0.167. The van der Waals surface area contributed by atoms with Gasteiger partial charge in [-0.3, -0.25) is 9.59 Å². The molecule has 1 aromatic heterocycles. The van der Waals surface area contributed by atoms with Crippen LogP contribution in [0.25, 0.3) is 0 Å². The maximum atomic E-state index is 11.9. The van der Waals surface area contributed by atoms with E-state index in [1.807, 2.05) is 0 Å². The smallest absolute Gasteiger partial charge is 0.322 e. The Morgan fingerprint density at radius 2 is 2.06 bits per heavy atom. The van der Waals surface area contributed by atoms with E-state index >= 15 is 0 Å². The van der Waals surface area contributed by atoms with E-state index in [0.29, 0.717) is 4.88 Å². The van der Waals surface area contributed by atoms with E-state index in [4.69, 9.17) is 15.6 Å². The van der Waals surface area contributed by atoms with Crippen molar-refractivity contribution in [1.82, 2.24) is 0 Å². The van der Waals surface area contributed by atoms with Crippen molar-refractivity contribution in [1.29, 1.82) is 0 Å². The van der Waals surface area contributed by atoms with Crippen LogP contribution in [0.3, 0.4) is 0 Å². The van der Waals surface area contributed by atoms with Crippen molar-refractivity contribution in [3.63, 3.8) is 0 Å². The summed E-state index contributed by atoms with van der Waals surface area (Å²) in [4.78, 5) is 23.7. The summed E-state index contributed by atoms with van der Waals surface area (Å²) < 4.78 is 5.09. The van der Waals surface area contributed by atoms with E-state index in [2.05, 4.69) is 0 Å². The Bertz CT molecular complexity index is 422. The average Bonchev–Trinajstić information content (AvgIpc) is 2.65. The summed E-state index contributed by atoms with van der Waals surface area (Å²) in [6.07, 6.45) is 0. The minimum absolute atomic E-state index is 0.647. The van der Waals surface area contributed by atoms with Crippen LogP contribution in [0.2, 0.25) is 0 Å². The first-order valence-corrected chi connectivity index (χ1v) is 6.35. The van der Waals surface area contributed by atoms with Crippen LogP contribution in [-0.4, -0.2) is 22.6 Å². The fourth-order valence-electron chi connectivity index (χ4n) is 1.41. The quantitative estimate of drug-likeness (QED) is 0.643. The predicted octanol–water partition coefficient (Wildman–Crippen LogP) is 1.79. The third-order valence-electron chi connectivity index (χ3n) is 2.16. The molecule has 1 aromatic rings. The maximum absolute atomic E-state index is 11.9. The fourth-order valence-corrected chi connectivity index (χ4v) is 2.18. The van der Waals surface area contributed by atoms with Crippen LogP contribution >= 0.6 is 11.3 Å². The number of aliphatic carboxylic acids is 1. The zero-order valence-corrected chi connectivity index (χ0v) is 11.4. The molecule has 0 unspecified atom stereocenters. The SMILES string of the molecule is CC(C)(C)OC(=O)[C@@H](C(=O)O)[C@H](N)c1cccs1. The number of carboxylic acids is 1. The Balaban J connectivity index is 2.90. The lowest BCUT2D eigenvalue weighted by Gasteiger charge is -2.24. The number of nitrogens with two attached hydrogens (primary N) is 1. The van der Waals surface area contributed by atoms with Gasteiger partial charge in [0.15, 0.2) is 5.92 Å². The molecule has 0 spiro atoms. The maximum Gasteiger partial charge on any atom is 0.322 e. The first-order chi connectivity index (χ1) is 8.22. The second kappa shape index (κ2) is 5.49. The summed E-state index contributed by atoms with van der Waals surface area (Å²) in [6, 6.07) is 2.57. The lowest BCUT2D eigenvalue weighted by Crippen LogP contribution is -2.38. The van der Waals surface area contributed by atoms with Gasteiger partial charge < -0.3 is 15.6 Å². The van der Waals surface area contributed by atoms with Gasteiger partial charge in [0, 0.05) is 4.88 Å². The Morgan fingerprint density at radius 1 is 1.44 bits per heavy atom. The second-order valence-corrected chi connectivity index (χ2v) is 5.87. The number of carbonyl (C=O) groups is 2. The molecule has 18 heavy (non-hydrogen) atoms. The van der Waals surface area contributed by atoms with Gasteiger partial charge in [0.05, 0.1) is 6.04 Å². The van der Waals surface area contributed by atoms with Gasteiger partial charge in [-0.1, -0.05) is 6.07 Å². The number of thiophene rings is 1. The number of carbonyl (C=O) groups excluding carboxylic acids is 1. The van der Waals surface area contributed by atoms with Crippen molar-refractivity contribution >= 4 is 23.3 Å². The molecule has 0 saturated heterocycles. The number of hydrogen-bond donors (Lipinski definition) is 2. The van der Waals surface area contributed by atoms with Gasteiger partial charge in [-0.05, 0) is 32.2 Å². The highest BCUT2D eigenvalue weighted by atomic mass is 32.1. The number of hydrogen-bond acceptors (Lipinski definition) is 5. The van der Waals surface area contributed by atoms with Crippen LogP contribution in [0.4, 0.5) is 0 Å². The molecular weight excluding hydrogens is 254 g/mol. The van der Waals surface area contributed by atoms with Gasteiger partial charge >= 0.3 is 11.9 Å². The molecule has 0 aliphatic rings. The van der Waals surface area contributed by atoms with Crippen LogP contribution in [0, 0.1) is 5.92 Å². The van der Waals surface area contributed by atoms with E-state index in [-0.39, 0.29) is 0 Å². The van der Waals surface area contributed by atoms with Gasteiger partial charge in [0.25, 0.3) is 0 Å². The number of carboxylic acid groups (broad SMARTS) is 1. The summed E-state index contributed by atoms with van der Waals surface area (Å²) in [5, 5.41) is 10.9. The molecule has 0 amide bonds. The Labute approximate surface area is 110 Å². The highest BCUT2D eigenvalue weighted by molar-refractivity contribution is 7.10. The van der Waals surface area contributed by atoms with Crippen LogP contribution in [-0.2, 0) is 14.3 Å². The normalized spacial score (nSPS) is 14.9. The monoisotopic (exact) mass is 271 g/mol. The molecular formula is C12H17NO4S. The number of esters is 1. The molecule has 0 aliphatic carbocycles. The number of ether oxygens (including phenoxy) is 1. The minimum Gasteiger partial charge on any atom is -0.481 e. The summed E-state index contributed by atoms with van der Waals surface area (Å²) in [7, 11) is 0. The van der Waals surface area contributed by atoms with E-state index in [1.165, 1.54) is 11.3 Å².